The second-order valence-corrected chi connectivity index (χ2v) is 8.55. The standard InChI is InChI=1S/C27H27FN2O4/c1-18(31)19-11-15-23(16-12-19)30(27(33)24-8-5-17-34-24)25(20-9-13-21(28)14-10-20)26(32)29-22-6-3-2-4-7-22/h5,8-17,22,25H,2-4,6-7H2,1H3,(H,29,32). The molecule has 2 aromatic carbocycles. The molecule has 1 N–H and O–H groups in total. The number of benzene rings is 2. The number of amides is 2. The van der Waals surface area contributed by atoms with Crippen molar-refractivity contribution < 1.29 is 23.2 Å². The van der Waals surface area contributed by atoms with Crippen LogP contribution in [0.15, 0.2) is 71.3 Å². The van der Waals surface area contributed by atoms with Crippen molar-refractivity contribution in [3.8, 4) is 0 Å². The number of anilines is 1. The summed E-state index contributed by atoms with van der Waals surface area (Å²) >= 11 is 0. The van der Waals surface area contributed by atoms with Crippen LogP contribution in [0.4, 0.5) is 10.1 Å². The Hall–Kier alpha value is -3.74. The third-order valence-electron chi connectivity index (χ3n) is 6.15. The van der Waals surface area contributed by atoms with Crippen LogP contribution in [0.5, 0.6) is 0 Å². The quantitative estimate of drug-likeness (QED) is 0.473. The number of hydrogen-bond acceptors (Lipinski definition) is 4. The molecule has 6 nitrogen and oxygen atoms in total. The summed E-state index contributed by atoms with van der Waals surface area (Å²) in [5.41, 5.74) is 1.36. The van der Waals surface area contributed by atoms with Crippen LogP contribution in [-0.2, 0) is 4.79 Å². The van der Waals surface area contributed by atoms with Crippen LogP contribution >= 0.6 is 0 Å². The van der Waals surface area contributed by atoms with Gasteiger partial charge in [0.25, 0.3) is 5.91 Å². The highest BCUT2D eigenvalue weighted by Crippen LogP contribution is 2.31. The minimum absolute atomic E-state index is 0.0184. The second-order valence-electron chi connectivity index (χ2n) is 8.55. The maximum Gasteiger partial charge on any atom is 0.294 e. The number of Topliss-reactive ketones (excluding diaryl/α,β-unsaturated/α-hetero) is 1. The van der Waals surface area contributed by atoms with Crippen LogP contribution in [0.25, 0.3) is 0 Å². The van der Waals surface area contributed by atoms with Crippen molar-refractivity contribution in [2.24, 2.45) is 0 Å². The van der Waals surface area contributed by atoms with E-state index < -0.39 is 17.8 Å². The average Bonchev–Trinajstić information content (AvgIpc) is 3.39. The molecular formula is C27H27FN2O4. The van der Waals surface area contributed by atoms with Gasteiger partial charge in [-0.2, -0.15) is 0 Å². The summed E-state index contributed by atoms with van der Waals surface area (Å²) < 4.78 is 19.1. The Morgan fingerprint density at radius 3 is 2.24 bits per heavy atom. The number of carbonyl (C=O) groups is 3. The van der Waals surface area contributed by atoms with Gasteiger partial charge in [-0.15, -0.1) is 0 Å². The minimum atomic E-state index is -1.07. The van der Waals surface area contributed by atoms with E-state index >= 15 is 0 Å². The molecule has 1 heterocycles. The molecule has 0 radical (unpaired) electrons. The van der Waals surface area contributed by atoms with Crippen molar-refractivity contribution in [1.82, 2.24) is 5.32 Å². The van der Waals surface area contributed by atoms with E-state index in [2.05, 4.69) is 5.32 Å². The van der Waals surface area contributed by atoms with Crippen LogP contribution in [0.3, 0.4) is 0 Å². The van der Waals surface area contributed by atoms with Gasteiger partial charge in [0.1, 0.15) is 11.9 Å². The molecule has 0 bridgehead atoms. The number of furan rings is 1. The Morgan fingerprint density at radius 2 is 1.65 bits per heavy atom. The van der Waals surface area contributed by atoms with Crippen molar-refractivity contribution in [3.05, 3.63) is 89.6 Å². The molecule has 1 aliphatic carbocycles. The number of rotatable bonds is 7. The van der Waals surface area contributed by atoms with E-state index in [0.717, 1.165) is 32.1 Å². The highest BCUT2D eigenvalue weighted by Gasteiger charge is 2.35. The highest BCUT2D eigenvalue weighted by molar-refractivity contribution is 6.09. The van der Waals surface area contributed by atoms with Crippen LogP contribution in [0.2, 0.25) is 0 Å². The Kier molecular flexibility index (Phi) is 7.21. The molecule has 1 fully saturated rings. The van der Waals surface area contributed by atoms with Gasteiger partial charge in [-0.25, -0.2) is 4.39 Å². The molecule has 176 valence electrons. The van der Waals surface area contributed by atoms with Gasteiger partial charge >= 0.3 is 0 Å². The zero-order chi connectivity index (χ0) is 24.1. The Labute approximate surface area is 197 Å². The molecule has 1 atom stereocenters. The molecule has 1 unspecified atom stereocenters. The number of nitrogens with zero attached hydrogens (tertiary/aromatic N) is 1. The fraction of sp³-hybridized carbons (Fsp3) is 0.296. The average molecular weight is 463 g/mol. The first-order valence-corrected chi connectivity index (χ1v) is 11.5. The summed E-state index contributed by atoms with van der Waals surface area (Å²) in [5, 5.41) is 3.10. The summed E-state index contributed by atoms with van der Waals surface area (Å²) in [6, 6.07) is 14.1. The van der Waals surface area contributed by atoms with E-state index in [-0.39, 0.29) is 23.5 Å². The largest absolute Gasteiger partial charge is 0.459 e. The van der Waals surface area contributed by atoms with Gasteiger partial charge < -0.3 is 9.73 Å². The lowest BCUT2D eigenvalue weighted by molar-refractivity contribution is -0.123. The van der Waals surface area contributed by atoms with E-state index in [4.69, 9.17) is 4.42 Å². The second kappa shape index (κ2) is 10.5. The maximum absolute atomic E-state index is 13.7. The summed E-state index contributed by atoms with van der Waals surface area (Å²) in [7, 11) is 0. The van der Waals surface area contributed by atoms with Gasteiger partial charge in [0.15, 0.2) is 11.5 Å². The van der Waals surface area contributed by atoms with Crippen LogP contribution in [-0.4, -0.2) is 23.6 Å². The van der Waals surface area contributed by atoms with E-state index in [0.29, 0.717) is 16.8 Å². The lowest BCUT2D eigenvalue weighted by Gasteiger charge is -2.33. The van der Waals surface area contributed by atoms with Gasteiger partial charge in [0.05, 0.1) is 6.26 Å². The third kappa shape index (κ3) is 5.25. The van der Waals surface area contributed by atoms with Crippen molar-refractivity contribution >= 4 is 23.3 Å². The molecule has 1 aliphatic rings. The van der Waals surface area contributed by atoms with E-state index in [1.807, 2.05) is 0 Å². The topological polar surface area (TPSA) is 79.6 Å². The van der Waals surface area contributed by atoms with Gasteiger partial charge in [0, 0.05) is 17.3 Å². The fourth-order valence-electron chi connectivity index (χ4n) is 4.35. The Bertz CT molecular complexity index is 1130. The SMILES string of the molecule is CC(=O)c1ccc(N(C(=O)c2ccco2)C(C(=O)NC2CCCCC2)c2ccc(F)cc2)cc1. The molecule has 0 saturated heterocycles. The summed E-state index contributed by atoms with van der Waals surface area (Å²) in [6.45, 7) is 1.46. The van der Waals surface area contributed by atoms with Gasteiger partial charge in [-0.3, -0.25) is 19.3 Å². The molecule has 1 saturated carbocycles. The van der Waals surface area contributed by atoms with Gasteiger partial charge in [-0.1, -0.05) is 31.4 Å². The number of carbonyl (C=O) groups excluding carboxylic acids is 3. The molecule has 7 heteroatoms. The normalized spacial score (nSPS) is 14.9. The lowest BCUT2D eigenvalue weighted by atomic mass is 9.94. The van der Waals surface area contributed by atoms with E-state index in [1.54, 1.807) is 30.3 Å². The summed E-state index contributed by atoms with van der Waals surface area (Å²) in [5.74, 6) is -1.36. The first-order valence-electron chi connectivity index (χ1n) is 11.5. The predicted molar refractivity (Wildman–Crippen MR) is 126 cm³/mol. The van der Waals surface area contributed by atoms with Crippen molar-refractivity contribution in [2.75, 3.05) is 4.90 Å². The molecule has 34 heavy (non-hydrogen) atoms. The third-order valence-corrected chi connectivity index (χ3v) is 6.15. The molecule has 4 rings (SSSR count). The monoisotopic (exact) mass is 462 g/mol. The Balaban J connectivity index is 1.78. The molecule has 2 amide bonds. The minimum Gasteiger partial charge on any atom is -0.459 e. The van der Waals surface area contributed by atoms with Gasteiger partial charge in [-0.05, 0) is 73.9 Å². The van der Waals surface area contributed by atoms with Crippen molar-refractivity contribution in [1.29, 1.82) is 0 Å². The number of halogens is 1. The smallest absolute Gasteiger partial charge is 0.294 e. The maximum atomic E-state index is 13.7. The fourth-order valence-corrected chi connectivity index (χ4v) is 4.35. The number of ketones is 1. The van der Waals surface area contributed by atoms with Crippen LogP contribution < -0.4 is 10.2 Å². The first kappa shape index (κ1) is 23.4. The van der Waals surface area contributed by atoms with Crippen molar-refractivity contribution in [3.63, 3.8) is 0 Å². The van der Waals surface area contributed by atoms with Gasteiger partial charge in [0.2, 0.25) is 5.91 Å². The molecular weight excluding hydrogens is 435 g/mol. The summed E-state index contributed by atoms with van der Waals surface area (Å²) in [4.78, 5) is 40.4. The highest BCUT2D eigenvalue weighted by atomic mass is 19.1. The van der Waals surface area contributed by atoms with E-state index in [9.17, 15) is 18.8 Å². The van der Waals surface area contributed by atoms with Crippen LogP contribution in [0.1, 0.15) is 71.5 Å². The molecule has 1 aromatic heterocycles. The number of hydrogen-bond donors (Lipinski definition) is 1. The first-order chi connectivity index (χ1) is 16.4. The summed E-state index contributed by atoms with van der Waals surface area (Å²) in [6.07, 6.45) is 6.35. The van der Waals surface area contributed by atoms with Crippen LogP contribution in [0, 0.1) is 5.82 Å². The number of nitrogens with one attached hydrogen (secondary N) is 1. The zero-order valence-corrected chi connectivity index (χ0v) is 19.0. The zero-order valence-electron chi connectivity index (χ0n) is 19.0. The predicted octanol–water partition coefficient (Wildman–Crippen LogP) is 5.46. The Morgan fingerprint density at radius 1 is 0.971 bits per heavy atom. The van der Waals surface area contributed by atoms with Crippen molar-refractivity contribution in [2.45, 2.75) is 51.1 Å². The molecule has 3 aromatic rings. The lowest BCUT2D eigenvalue weighted by Crippen LogP contribution is -2.47. The van der Waals surface area contributed by atoms with E-state index in [1.165, 1.54) is 48.4 Å². The molecule has 0 spiro atoms. The molecule has 0 aliphatic heterocycles.